The van der Waals surface area contributed by atoms with Crippen LogP contribution in [0.25, 0.3) is 0 Å². The second kappa shape index (κ2) is 1.85. The van der Waals surface area contributed by atoms with Crippen LogP contribution in [-0.4, -0.2) is 10.7 Å². The topological polar surface area (TPSA) is 20.2 Å². The molecule has 0 heterocycles. The van der Waals surface area contributed by atoms with Gasteiger partial charge < -0.3 is 5.11 Å². The molecule has 0 radical (unpaired) electrons. The fourth-order valence-electron chi connectivity index (χ4n) is 2.30. The Labute approximate surface area is 61.8 Å². The summed E-state index contributed by atoms with van der Waals surface area (Å²) in [5.74, 6) is 0.801. The maximum absolute atomic E-state index is 9.89. The first-order valence-corrected chi connectivity index (χ1v) is 4.11. The van der Waals surface area contributed by atoms with Gasteiger partial charge in [0, 0.05) is 0 Å². The zero-order chi connectivity index (χ0) is 7.19. The van der Waals surface area contributed by atoms with E-state index < -0.39 is 5.60 Å². The molecule has 2 atom stereocenters. The van der Waals surface area contributed by atoms with E-state index in [-0.39, 0.29) is 0 Å². The van der Waals surface area contributed by atoms with Crippen LogP contribution in [0.5, 0.6) is 0 Å². The van der Waals surface area contributed by atoms with E-state index in [2.05, 4.69) is 6.58 Å². The number of rotatable bonds is 0. The summed E-state index contributed by atoms with van der Waals surface area (Å²) in [6, 6.07) is 0. The van der Waals surface area contributed by atoms with Gasteiger partial charge in [-0.2, -0.15) is 0 Å². The van der Waals surface area contributed by atoms with Crippen LogP contribution in [0.3, 0.4) is 0 Å². The minimum atomic E-state index is -0.442. The predicted octanol–water partition coefficient (Wildman–Crippen LogP) is 1.87. The summed E-state index contributed by atoms with van der Waals surface area (Å²) in [4.78, 5) is 0. The van der Waals surface area contributed by atoms with Crippen LogP contribution in [0.4, 0.5) is 0 Å². The first kappa shape index (κ1) is 6.41. The van der Waals surface area contributed by atoms with Crippen molar-refractivity contribution in [3.05, 3.63) is 12.2 Å². The highest BCUT2D eigenvalue weighted by molar-refractivity contribution is 5.19. The molecule has 0 spiro atoms. The van der Waals surface area contributed by atoms with Crippen molar-refractivity contribution < 1.29 is 5.11 Å². The van der Waals surface area contributed by atoms with Crippen molar-refractivity contribution in [2.75, 3.05) is 0 Å². The molecule has 1 nitrogen and oxygen atoms in total. The van der Waals surface area contributed by atoms with Crippen molar-refractivity contribution in [3.63, 3.8) is 0 Å². The van der Waals surface area contributed by atoms with Crippen LogP contribution in [0.2, 0.25) is 0 Å². The average molecular weight is 138 g/mol. The van der Waals surface area contributed by atoms with Crippen molar-refractivity contribution in [1.29, 1.82) is 0 Å². The van der Waals surface area contributed by atoms with E-state index in [1.165, 1.54) is 12.8 Å². The molecule has 2 aliphatic rings. The third-order valence-corrected chi connectivity index (χ3v) is 3.11. The Morgan fingerprint density at radius 1 is 1.50 bits per heavy atom. The van der Waals surface area contributed by atoms with E-state index in [1.54, 1.807) is 0 Å². The van der Waals surface area contributed by atoms with Crippen molar-refractivity contribution in [2.45, 2.75) is 37.7 Å². The van der Waals surface area contributed by atoms with Gasteiger partial charge in [-0.05, 0) is 43.6 Å². The molecule has 0 aromatic carbocycles. The molecule has 0 amide bonds. The second-order valence-electron chi connectivity index (χ2n) is 3.78. The first-order chi connectivity index (χ1) is 4.71. The van der Waals surface area contributed by atoms with Crippen LogP contribution in [0.1, 0.15) is 32.1 Å². The molecule has 0 saturated heterocycles. The molecule has 2 bridgehead atoms. The Morgan fingerprint density at radius 2 is 2.30 bits per heavy atom. The fourth-order valence-corrected chi connectivity index (χ4v) is 2.30. The lowest BCUT2D eigenvalue weighted by Gasteiger charge is -2.29. The monoisotopic (exact) mass is 138 g/mol. The largest absolute Gasteiger partial charge is 0.386 e. The van der Waals surface area contributed by atoms with Crippen LogP contribution >= 0.6 is 0 Å². The number of hydrogen-bond acceptors (Lipinski definition) is 1. The predicted molar refractivity (Wildman–Crippen MR) is 40.7 cm³/mol. The van der Waals surface area contributed by atoms with E-state index in [0.29, 0.717) is 0 Å². The highest BCUT2D eigenvalue weighted by atomic mass is 16.3. The minimum absolute atomic E-state index is 0.442. The molecule has 0 aromatic rings. The van der Waals surface area contributed by atoms with Gasteiger partial charge >= 0.3 is 0 Å². The molecule has 2 unspecified atom stereocenters. The van der Waals surface area contributed by atoms with Gasteiger partial charge in [-0.15, -0.1) is 0 Å². The Kier molecular flexibility index (Phi) is 1.19. The zero-order valence-electron chi connectivity index (χ0n) is 6.27. The van der Waals surface area contributed by atoms with E-state index in [9.17, 15) is 5.11 Å². The lowest BCUT2D eigenvalue weighted by molar-refractivity contribution is 0.0681. The van der Waals surface area contributed by atoms with E-state index >= 15 is 0 Å². The lowest BCUT2D eigenvalue weighted by atomic mass is 9.82. The SMILES string of the molecule is C=C1CCC2CCC1(O)C2. The molecule has 2 fully saturated rings. The van der Waals surface area contributed by atoms with E-state index in [0.717, 1.165) is 30.8 Å². The van der Waals surface area contributed by atoms with Gasteiger partial charge in [-0.25, -0.2) is 0 Å². The first-order valence-electron chi connectivity index (χ1n) is 4.11. The summed E-state index contributed by atoms with van der Waals surface area (Å²) in [6.45, 7) is 3.91. The molecule has 1 heteroatoms. The molecule has 10 heavy (non-hydrogen) atoms. The second-order valence-corrected chi connectivity index (χ2v) is 3.78. The maximum Gasteiger partial charge on any atom is 0.0856 e. The van der Waals surface area contributed by atoms with Crippen LogP contribution in [0, 0.1) is 5.92 Å². The van der Waals surface area contributed by atoms with Crippen molar-refractivity contribution in [3.8, 4) is 0 Å². The molecule has 1 N–H and O–H groups in total. The Balaban J connectivity index is 2.25. The van der Waals surface area contributed by atoms with Gasteiger partial charge in [0.2, 0.25) is 0 Å². The van der Waals surface area contributed by atoms with Crippen molar-refractivity contribution in [1.82, 2.24) is 0 Å². The molecule has 56 valence electrons. The average Bonchev–Trinajstić information content (AvgIpc) is 2.22. The molecule has 2 saturated carbocycles. The van der Waals surface area contributed by atoms with E-state index in [1.807, 2.05) is 0 Å². The quantitative estimate of drug-likeness (QED) is 0.507. The van der Waals surface area contributed by atoms with Crippen LogP contribution < -0.4 is 0 Å². The summed E-state index contributed by atoms with van der Waals surface area (Å²) in [5, 5.41) is 9.89. The van der Waals surface area contributed by atoms with Gasteiger partial charge in [0.1, 0.15) is 0 Å². The Bertz CT molecular complexity index is 174. The number of fused-ring (bicyclic) bond motifs is 2. The normalized spacial score (nSPS) is 46.1. The number of hydrogen-bond donors (Lipinski definition) is 1. The minimum Gasteiger partial charge on any atom is -0.386 e. The maximum atomic E-state index is 9.89. The summed E-state index contributed by atoms with van der Waals surface area (Å²) < 4.78 is 0. The van der Waals surface area contributed by atoms with Crippen LogP contribution in [0.15, 0.2) is 12.2 Å². The molecule has 0 aliphatic heterocycles. The summed E-state index contributed by atoms with van der Waals surface area (Å²) in [5.41, 5.74) is 0.643. The Morgan fingerprint density at radius 3 is 3.00 bits per heavy atom. The molecular formula is C9H14O. The van der Waals surface area contributed by atoms with Gasteiger partial charge in [0.25, 0.3) is 0 Å². The summed E-state index contributed by atoms with van der Waals surface area (Å²) >= 11 is 0. The van der Waals surface area contributed by atoms with Gasteiger partial charge in [-0.1, -0.05) is 6.58 Å². The summed E-state index contributed by atoms with van der Waals surface area (Å²) in [6.07, 6.45) is 5.50. The molecule has 2 rings (SSSR count). The molecule has 2 aliphatic carbocycles. The third-order valence-electron chi connectivity index (χ3n) is 3.11. The third kappa shape index (κ3) is 0.734. The van der Waals surface area contributed by atoms with Crippen LogP contribution in [-0.2, 0) is 0 Å². The summed E-state index contributed by atoms with van der Waals surface area (Å²) in [7, 11) is 0. The van der Waals surface area contributed by atoms with Crippen molar-refractivity contribution >= 4 is 0 Å². The van der Waals surface area contributed by atoms with Gasteiger partial charge in [-0.3, -0.25) is 0 Å². The highest BCUT2D eigenvalue weighted by Gasteiger charge is 2.42. The van der Waals surface area contributed by atoms with Crippen molar-refractivity contribution in [2.24, 2.45) is 5.92 Å². The molecular weight excluding hydrogens is 124 g/mol. The highest BCUT2D eigenvalue weighted by Crippen LogP contribution is 2.47. The fraction of sp³-hybridized carbons (Fsp3) is 0.778. The standard InChI is InChI=1S/C9H14O/c1-7-2-3-8-4-5-9(7,10)6-8/h8,10H,1-6H2. The molecule has 0 aromatic heterocycles. The smallest absolute Gasteiger partial charge is 0.0856 e. The number of aliphatic hydroxyl groups is 1. The Hall–Kier alpha value is -0.300. The van der Waals surface area contributed by atoms with E-state index in [4.69, 9.17) is 0 Å². The zero-order valence-corrected chi connectivity index (χ0v) is 6.27. The van der Waals surface area contributed by atoms with Gasteiger partial charge in [0.05, 0.1) is 5.60 Å². The lowest BCUT2D eigenvalue weighted by Crippen LogP contribution is -2.29. The van der Waals surface area contributed by atoms with Gasteiger partial charge in [0.15, 0.2) is 0 Å².